The van der Waals surface area contributed by atoms with E-state index in [4.69, 9.17) is 0 Å². The van der Waals surface area contributed by atoms with Crippen LogP contribution in [0.4, 0.5) is 0 Å². The van der Waals surface area contributed by atoms with Crippen molar-refractivity contribution in [3.05, 3.63) is 59.7 Å². The molecule has 2 rings (SSSR count). The second kappa shape index (κ2) is 12.8. The fourth-order valence-electron chi connectivity index (χ4n) is 2.51. The number of aliphatic carboxylic acids is 2. The molecule has 0 bridgehead atoms. The summed E-state index contributed by atoms with van der Waals surface area (Å²) < 4.78 is 0. The van der Waals surface area contributed by atoms with Crippen molar-refractivity contribution in [2.45, 2.75) is 12.1 Å². The Balaban J connectivity index is 0.00000364. The molecule has 8 nitrogen and oxygen atoms in total. The molecule has 0 aromatic heterocycles. The van der Waals surface area contributed by atoms with Crippen molar-refractivity contribution in [2.75, 3.05) is 13.1 Å². The third-order valence-electron chi connectivity index (χ3n) is 3.75. The first-order valence-electron chi connectivity index (χ1n) is 7.82. The number of benzene rings is 2. The van der Waals surface area contributed by atoms with Crippen molar-refractivity contribution in [3.8, 4) is 11.5 Å². The van der Waals surface area contributed by atoms with E-state index in [1.54, 1.807) is 0 Å². The van der Waals surface area contributed by atoms with Gasteiger partial charge in [-0.2, -0.15) is 0 Å². The van der Waals surface area contributed by atoms with Gasteiger partial charge in [0.25, 0.3) is 0 Å². The number of carboxylic acids is 2. The van der Waals surface area contributed by atoms with Crippen LogP contribution in [0.15, 0.2) is 48.5 Å². The summed E-state index contributed by atoms with van der Waals surface area (Å²) in [5.41, 5.74) is 0.0442. The van der Waals surface area contributed by atoms with E-state index in [0.717, 1.165) is 0 Å². The molecule has 0 saturated heterocycles. The number of rotatable bonds is 9. The second-order valence-electron chi connectivity index (χ2n) is 5.49. The maximum atomic E-state index is 11.8. The van der Waals surface area contributed by atoms with Gasteiger partial charge < -0.3 is 40.6 Å². The fourth-order valence-corrected chi connectivity index (χ4v) is 2.51. The van der Waals surface area contributed by atoms with E-state index >= 15 is 0 Å². The van der Waals surface area contributed by atoms with Gasteiger partial charge in [0.1, 0.15) is 0 Å². The van der Waals surface area contributed by atoms with Gasteiger partial charge in [-0.25, -0.2) is 0 Å². The Morgan fingerprint density at radius 2 is 1.07 bits per heavy atom. The second-order valence-corrected chi connectivity index (χ2v) is 5.49. The minimum atomic E-state index is -1.48. The maximum Gasteiger partial charge on any atom is 1.00 e. The summed E-state index contributed by atoms with van der Waals surface area (Å²) in [4.78, 5) is 22.6. The molecule has 0 aliphatic heterocycles. The number of para-hydroxylation sites is 2. The van der Waals surface area contributed by atoms with Gasteiger partial charge >= 0.3 is 29.6 Å². The Bertz CT molecular complexity index is 727. The number of nitrogens with one attached hydrogen (secondary N) is 2. The standard InChI is InChI=1S/C18H20N2O6.Fe.Na/c21-13-7-3-1-5-11(13)15(17(23)24)19-9-10-20-16(18(25)26)12-6-2-4-8-14(12)22;;/h1-8,15-16,19-22H,9-10H2,(H,23,24)(H,25,26);;/q;;+1/p-4. The van der Waals surface area contributed by atoms with Crippen LogP contribution >= 0.6 is 0 Å². The van der Waals surface area contributed by atoms with Crippen molar-refractivity contribution in [1.29, 1.82) is 0 Å². The van der Waals surface area contributed by atoms with Crippen molar-refractivity contribution in [1.82, 2.24) is 10.6 Å². The first-order chi connectivity index (χ1) is 12.4. The molecule has 0 aliphatic carbocycles. The van der Waals surface area contributed by atoms with E-state index < -0.39 is 35.5 Å². The van der Waals surface area contributed by atoms with Gasteiger partial charge in [0.15, 0.2) is 0 Å². The number of carboxylic acid groups (broad SMARTS) is 2. The van der Waals surface area contributed by atoms with Gasteiger partial charge in [0.05, 0.1) is 24.0 Å². The van der Waals surface area contributed by atoms with Crippen LogP contribution in [0.5, 0.6) is 11.5 Å². The van der Waals surface area contributed by atoms with E-state index in [-0.39, 0.29) is 70.8 Å². The predicted octanol–water partition coefficient (Wildman–Crippen LogP) is -5.70. The molecule has 0 heterocycles. The van der Waals surface area contributed by atoms with Gasteiger partial charge in [-0.3, -0.25) is 0 Å². The molecule has 2 N–H and O–H groups in total. The summed E-state index contributed by atoms with van der Waals surface area (Å²) >= 11 is 0. The molecular weight excluding hydrogens is 419 g/mol. The van der Waals surface area contributed by atoms with Crippen LogP contribution in [-0.4, -0.2) is 25.0 Å². The zero-order valence-corrected chi connectivity index (χ0v) is 18.1. The Morgan fingerprint density at radius 3 is 1.36 bits per heavy atom. The van der Waals surface area contributed by atoms with Crippen LogP contribution < -0.4 is 60.6 Å². The molecule has 10 heteroatoms. The van der Waals surface area contributed by atoms with Gasteiger partial charge in [0.2, 0.25) is 0 Å². The molecule has 0 fully saturated rings. The van der Waals surface area contributed by atoms with Crippen molar-refractivity contribution >= 4 is 11.9 Å². The first-order valence-corrected chi connectivity index (χ1v) is 7.82. The predicted molar refractivity (Wildman–Crippen MR) is 83.3 cm³/mol. The number of carbonyl (C=O) groups excluding carboxylic acids is 2. The van der Waals surface area contributed by atoms with E-state index in [0.29, 0.717) is 0 Å². The monoisotopic (exact) mass is 435 g/mol. The third kappa shape index (κ3) is 7.10. The molecule has 0 saturated carbocycles. The van der Waals surface area contributed by atoms with E-state index in [9.17, 15) is 30.0 Å². The van der Waals surface area contributed by atoms with E-state index in [1.807, 2.05) is 0 Å². The Morgan fingerprint density at radius 1 is 0.750 bits per heavy atom. The summed E-state index contributed by atoms with van der Waals surface area (Å²) in [5.74, 6) is -3.85. The fraction of sp³-hybridized carbons (Fsp3) is 0.222. The summed E-state index contributed by atoms with van der Waals surface area (Å²) in [5, 5.41) is 51.3. The molecule has 2 aromatic carbocycles. The van der Waals surface area contributed by atoms with Gasteiger partial charge in [-0.15, -0.1) is 11.5 Å². The smallest absolute Gasteiger partial charge is 0.872 e. The number of hydrogen-bond acceptors (Lipinski definition) is 8. The van der Waals surface area contributed by atoms with Gasteiger partial charge in [-0.1, -0.05) is 48.5 Å². The Kier molecular flexibility index (Phi) is 12.1. The topological polar surface area (TPSA) is 150 Å². The molecule has 0 radical (unpaired) electrons. The van der Waals surface area contributed by atoms with Crippen LogP contribution in [0.2, 0.25) is 0 Å². The molecule has 2 aromatic rings. The molecule has 0 amide bonds. The summed E-state index contributed by atoms with van der Waals surface area (Å²) in [7, 11) is 0. The Labute approximate surface area is 194 Å². The average molecular weight is 435 g/mol. The zero-order valence-electron chi connectivity index (χ0n) is 15.0. The molecule has 2 atom stereocenters. The molecule has 0 spiro atoms. The minimum Gasteiger partial charge on any atom is -0.872 e. The SMILES string of the molecule is O=C([O-])C(NCCNC(C(=O)[O-])c1ccccc1[O-])c1ccccc1[O-].[Fe].[Na+]. The van der Waals surface area contributed by atoms with Crippen LogP contribution in [0, 0.1) is 0 Å². The number of carbonyl (C=O) groups is 2. The third-order valence-corrected chi connectivity index (χ3v) is 3.75. The van der Waals surface area contributed by atoms with Gasteiger partial charge in [0, 0.05) is 30.2 Å². The van der Waals surface area contributed by atoms with Crippen LogP contribution in [-0.2, 0) is 26.7 Å². The van der Waals surface area contributed by atoms with E-state index in [1.165, 1.54) is 48.5 Å². The largest absolute Gasteiger partial charge is 1.00 e. The van der Waals surface area contributed by atoms with Crippen molar-refractivity contribution in [3.63, 3.8) is 0 Å². The van der Waals surface area contributed by atoms with Crippen LogP contribution in [0.1, 0.15) is 23.2 Å². The number of hydrogen-bond donors (Lipinski definition) is 2. The molecule has 0 aliphatic rings. The molecule has 146 valence electrons. The minimum absolute atomic E-state index is 0. The molecule has 2 unspecified atom stereocenters. The van der Waals surface area contributed by atoms with E-state index in [2.05, 4.69) is 10.6 Å². The van der Waals surface area contributed by atoms with Crippen LogP contribution in [0.25, 0.3) is 0 Å². The van der Waals surface area contributed by atoms with Gasteiger partial charge in [-0.05, 0) is 11.1 Å². The average Bonchev–Trinajstić information content (AvgIpc) is 2.59. The van der Waals surface area contributed by atoms with Crippen LogP contribution in [0.3, 0.4) is 0 Å². The zero-order chi connectivity index (χ0) is 19.1. The summed E-state index contributed by atoms with van der Waals surface area (Å²) in [6.45, 7) is 0.0234. The molecular formula is C18H16FeN2NaO6-3. The first kappa shape index (κ1) is 26.4. The summed E-state index contributed by atoms with van der Waals surface area (Å²) in [6, 6.07) is 8.60. The quantitative estimate of drug-likeness (QED) is 0.292. The normalized spacial score (nSPS) is 12.1. The van der Waals surface area contributed by atoms with Crippen molar-refractivity contribution < 1.29 is 76.6 Å². The summed E-state index contributed by atoms with van der Waals surface area (Å²) in [6.07, 6.45) is 0. The Hall–Kier alpha value is -1.58. The molecule has 28 heavy (non-hydrogen) atoms. The van der Waals surface area contributed by atoms with Crippen molar-refractivity contribution in [2.24, 2.45) is 0 Å². The maximum absolute atomic E-state index is 11.8.